The number of benzene rings is 1. The number of hydrogen-bond acceptors (Lipinski definition) is 5. The summed E-state index contributed by atoms with van der Waals surface area (Å²) >= 11 is 0. The number of carbonyl (C=O) groups excluding carboxylic acids is 1. The van der Waals surface area contributed by atoms with E-state index in [0.29, 0.717) is 16.5 Å². The monoisotopic (exact) mass is 369 g/mol. The van der Waals surface area contributed by atoms with Crippen LogP contribution < -0.4 is 5.56 Å². The van der Waals surface area contributed by atoms with Gasteiger partial charge in [-0.2, -0.15) is 0 Å². The van der Waals surface area contributed by atoms with Gasteiger partial charge >= 0.3 is 5.97 Å². The molecule has 6 nitrogen and oxygen atoms in total. The van der Waals surface area contributed by atoms with Crippen molar-refractivity contribution in [1.82, 2.24) is 14.5 Å². The summed E-state index contributed by atoms with van der Waals surface area (Å²) in [6.07, 6.45) is 5.89. The van der Waals surface area contributed by atoms with E-state index in [-0.39, 0.29) is 17.6 Å². The van der Waals surface area contributed by atoms with E-state index in [1.165, 1.54) is 0 Å². The molecule has 0 saturated carbocycles. The molecule has 0 bridgehead atoms. The average Bonchev–Trinajstić information content (AvgIpc) is 2.93. The fourth-order valence-electron chi connectivity index (χ4n) is 4.16. The van der Waals surface area contributed by atoms with Gasteiger partial charge in [0.15, 0.2) is 0 Å². The summed E-state index contributed by atoms with van der Waals surface area (Å²) < 4.78 is 7.53. The van der Waals surface area contributed by atoms with Crippen LogP contribution in [0.3, 0.4) is 0 Å². The van der Waals surface area contributed by atoms with Crippen molar-refractivity contribution in [2.45, 2.75) is 58.1 Å². The number of aryl methyl sites for hydroxylation is 1. The van der Waals surface area contributed by atoms with Gasteiger partial charge in [-0.3, -0.25) is 14.3 Å². The van der Waals surface area contributed by atoms with Crippen LogP contribution in [0.15, 0.2) is 23.0 Å². The maximum Gasteiger partial charge on any atom is 0.338 e. The highest BCUT2D eigenvalue weighted by Crippen LogP contribution is 2.19. The first-order valence-corrected chi connectivity index (χ1v) is 10.1. The van der Waals surface area contributed by atoms with Crippen LogP contribution in [-0.4, -0.2) is 46.2 Å². The first-order chi connectivity index (χ1) is 13.2. The van der Waals surface area contributed by atoms with Crippen molar-refractivity contribution in [1.29, 1.82) is 0 Å². The quantitative estimate of drug-likeness (QED) is 0.779. The molecule has 1 aromatic carbocycles. The molecule has 2 aliphatic rings. The second-order valence-corrected chi connectivity index (χ2v) is 7.59. The third-order valence-corrected chi connectivity index (χ3v) is 5.74. The summed E-state index contributed by atoms with van der Waals surface area (Å²) in [5, 5.41) is 0.576. The van der Waals surface area contributed by atoms with E-state index in [1.54, 1.807) is 22.8 Å². The predicted molar refractivity (Wildman–Crippen MR) is 104 cm³/mol. The zero-order chi connectivity index (χ0) is 18.8. The van der Waals surface area contributed by atoms with Gasteiger partial charge in [-0.1, -0.05) is 13.3 Å². The molecule has 1 fully saturated rings. The van der Waals surface area contributed by atoms with Crippen molar-refractivity contribution in [3.8, 4) is 0 Å². The van der Waals surface area contributed by atoms with Crippen molar-refractivity contribution in [3.63, 3.8) is 0 Å². The number of rotatable bonds is 3. The number of nitrogens with zero attached hydrogens (tertiary/aromatic N) is 3. The lowest BCUT2D eigenvalue weighted by Crippen LogP contribution is -2.40. The van der Waals surface area contributed by atoms with Gasteiger partial charge in [0.2, 0.25) is 0 Å². The fourth-order valence-corrected chi connectivity index (χ4v) is 4.16. The Labute approximate surface area is 159 Å². The smallest absolute Gasteiger partial charge is 0.338 e. The molecule has 0 radical (unpaired) electrons. The van der Waals surface area contributed by atoms with E-state index in [0.717, 1.165) is 70.5 Å². The molecular formula is C21H27N3O3. The lowest BCUT2D eigenvalue weighted by Gasteiger charge is -2.31. The molecule has 4 rings (SSSR count). The maximum atomic E-state index is 12.8. The molecule has 0 aliphatic carbocycles. The third kappa shape index (κ3) is 3.76. The SMILES string of the molecule is CCN1CCC[C@H](OC(=O)c2ccc3c(=O)n4c(nc3c2)CCCCC4)C1. The molecule has 144 valence electrons. The normalized spacial score (nSPS) is 20.9. The van der Waals surface area contributed by atoms with E-state index in [4.69, 9.17) is 9.72 Å². The van der Waals surface area contributed by atoms with Crippen LogP contribution in [0.4, 0.5) is 0 Å². The molecule has 1 atom stereocenters. The van der Waals surface area contributed by atoms with Gasteiger partial charge in [0, 0.05) is 19.5 Å². The number of hydrogen-bond donors (Lipinski definition) is 0. The van der Waals surface area contributed by atoms with Gasteiger partial charge in [0.05, 0.1) is 16.5 Å². The largest absolute Gasteiger partial charge is 0.457 e. The van der Waals surface area contributed by atoms with E-state index in [1.807, 2.05) is 0 Å². The zero-order valence-electron chi connectivity index (χ0n) is 15.9. The number of likely N-dealkylation sites (tertiary alicyclic amines) is 1. The van der Waals surface area contributed by atoms with Crippen molar-refractivity contribution in [3.05, 3.63) is 39.9 Å². The van der Waals surface area contributed by atoms with Gasteiger partial charge in [-0.25, -0.2) is 9.78 Å². The number of fused-ring (bicyclic) bond motifs is 2. The Morgan fingerprint density at radius 3 is 2.96 bits per heavy atom. The molecule has 2 aliphatic heterocycles. The highest BCUT2D eigenvalue weighted by Gasteiger charge is 2.23. The van der Waals surface area contributed by atoms with E-state index < -0.39 is 0 Å². The first-order valence-electron chi connectivity index (χ1n) is 10.1. The van der Waals surface area contributed by atoms with Crippen molar-refractivity contribution in [2.24, 2.45) is 0 Å². The van der Waals surface area contributed by atoms with Crippen LogP contribution in [0.25, 0.3) is 10.9 Å². The number of piperidine rings is 1. The van der Waals surface area contributed by atoms with Gasteiger partial charge in [-0.15, -0.1) is 0 Å². The number of likely N-dealkylation sites (N-methyl/N-ethyl adjacent to an activating group) is 1. The Morgan fingerprint density at radius 1 is 1.22 bits per heavy atom. The summed E-state index contributed by atoms with van der Waals surface area (Å²) in [4.78, 5) is 32.4. The number of esters is 1. The fraction of sp³-hybridized carbons (Fsp3) is 0.571. The predicted octanol–water partition coefficient (Wildman–Crippen LogP) is 2.76. The second kappa shape index (κ2) is 7.80. The molecule has 0 amide bonds. The molecule has 0 N–H and O–H groups in total. The van der Waals surface area contributed by atoms with Crippen LogP contribution >= 0.6 is 0 Å². The molecule has 1 aromatic heterocycles. The molecule has 1 saturated heterocycles. The topological polar surface area (TPSA) is 64.4 Å². The van der Waals surface area contributed by atoms with Crippen molar-refractivity contribution >= 4 is 16.9 Å². The second-order valence-electron chi connectivity index (χ2n) is 7.59. The minimum Gasteiger partial charge on any atom is -0.457 e. The Morgan fingerprint density at radius 2 is 2.11 bits per heavy atom. The highest BCUT2D eigenvalue weighted by atomic mass is 16.5. The highest BCUT2D eigenvalue weighted by molar-refractivity contribution is 5.94. The number of ether oxygens (including phenoxy) is 1. The van der Waals surface area contributed by atoms with Gasteiger partial charge in [-0.05, 0) is 57.0 Å². The molecular weight excluding hydrogens is 342 g/mol. The van der Waals surface area contributed by atoms with Crippen LogP contribution in [0, 0.1) is 0 Å². The van der Waals surface area contributed by atoms with Crippen LogP contribution in [0.5, 0.6) is 0 Å². The summed E-state index contributed by atoms with van der Waals surface area (Å²) in [6, 6.07) is 5.13. The van der Waals surface area contributed by atoms with Crippen molar-refractivity contribution < 1.29 is 9.53 Å². The van der Waals surface area contributed by atoms with Crippen molar-refractivity contribution in [2.75, 3.05) is 19.6 Å². The Bertz CT molecular complexity index is 905. The number of carbonyl (C=O) groups is 1. The molecule has 6 heteroatoms. The van der Waals surface area contributed by atoms with E-state index >= 15 is 0 Å². The molecule has 27 heavy (non-hydrogen) atoms. The van der Waals surface area contributed by atoms with E-state index in [9.17, 15) is 9.59 Å². The Kier molecular flexibility index (Phi) is 5.25. The summed E-state index contributed by atoms with van der Waals surface area (Å²) in [5.41, 5.74) is 1.07. The molecule has 2 aromatic rings. The number of aromatic nitrogens is 2. The summed E-state index contributed by atoms with van der Waals surface area (Å²) in [5.74, 6) is 0.512. The van der Waals surface area contributed by atoms with Gasteiger partial charge in [0.25, 0.3) is 5.56 Å². The third-order valence-electron chi connectivity index (χ3n) is 5.74. The Balaban J connectivity index is 1.59. The zero-order valence-corrected chi connectivity index (χ0v) is 15.9. The summed E-state index contributed by atoms with van der Waals surface area (Å²) in [6.45, 7) is 5.70. The standard InChI is InChI=1S/C21H27N3O3/c1-2-23-11-6-7-16(14-23)27-21(26)15-9-10-17-18(13-15)22-19-8-4-3-5-12-24(19)20(17)25/h9-10,13,16H,2-8,11-12,14H2,1H3/t16-/m0/s1. The minimum absolute atomic E-state index is 0.00249. The van der Waals surface area contributed by atoms with Gasteiger partial charge < -0.3 is 4.74 Å². The summed E-state index contributed by atoms with van der Waals surface area (Å²) in [7, 11) is 0. The van der Waals surface area contributed by atoms with Crippen LogP contribution in [0.1, 0.15) is 55.2 Å². The molecule has 3 heterocycles. The molecule has 0 spiro atoms. The maximum absolute atomic E-state index is 12.8. The lowest BCUT2D eigenvalue weighted by molar-refractivity contribution is 0.00776. The lowest BCUT2D eigenvalue weighted by atomic mass is 10.1. The van der Waals surface area contributed by atoms with Gasteiger partial charge in [0.1, 0.15) is 11.9 Å². The minimum atomic E-state index is -0.323. The average molecular weight is 369 g/mol. The van der Waals surface area contributed by atoms with E-state index in [2.05, 4.69) is 11.8 Å². The Hall–Kier alpha value is -2.21. The molecule has 0 unspecified atom stereocenters. The van der Waals surface area contributed by atoms with Crippen LogP contribution in [0.2, 0.25) is 0 Å². The first kappa shape index (κ1) is 18.2. The van der Waals surface area contributed by atoms with Crippen LogP contribution in [-0.2, 0) is 17.7 Å².